The quantitative estimate of drug-likeness (QED) is 0.329. The lowest BCUT2D eigenvalue weighted by molar-refractivity contribution is 0.196. The summed E-state index contributed by atoms with van der Waals surface area (Å²) in [6.07, 6.45) is 0. The molecule has 0 bridgehead atoms. The molecule has 0 radical (unpaired) electrons. The smallest absolute Gasteiger partial charge is 0.328 e. The highest BCUT2D eigenvalue weighted by Gasteiger charge is 2.00. The van der Waals surface area contributed by atoms with Crippen LogP contribution in [0.3, 0.4) is 0 Å². The number of hydrogen-bond donors (Lipinski definition) is 2. The van der Waals surface area contributed by atoms with E-state index in [-0.39, 0.29) is 12.4 Å². The van der Waals surface area contributed by atoms with Crippen molar-refractivity contribution in [1.29, 1.82) is 0 Å². The van der Waals surface area contributed by atoms with E-state index < -0.39 is 6.03 Å². The van der Waals surface area contributed by atoms with Crippen LogP contribution in [-0.2, 0) is 0 Å². The van der Waals surface area contributed by atoms with Crippen molar-refractivity contribution in [2.75, 3.05) is 12.4 Å². The molecule has 0 unspecified atom stereocenters. The van der Waals surface area contributed by atoms with E-state index in [9.17, 15) is 10.0 Å². The highest BCUT2D eigenvalue weighted by atomic mass is 35.5. The molecule has 0 fully saturated rings. The number of nitrogens with zero attached hydrogens (tertiary/aromatic N) is 1. The number of hydrogen-bond acceptors (Lipinski definition) is 3. The highest BCUT2D eigenvalue weighted by molar-refractivity contribution is 6.18. The van der Waals surface area contributed by atoms with Gasteiger partial charge in [0.05, 0.1) is 6.54 Å². The molecule has 9 heavy (non-hydrogen) atoms. The number of nitrogens with two attached hydrogens (primary N) is 1. The molecule has 0 rings (SSSR count). The van der Waals surface area contributed by atoms with Gasteiger partial charge in [-0.1, -0.05) is 0 Å². The summed E-state index contributed by atoms with van der Waals surface area (Å²) in [5, 5.41) is 10.5. The number of urea groups is 1. The van der Waals surface area contributed by atoms with Gasteiger partial charge in [0.2, 0.25) is 0 Å². The Kier molecular flexibility index (Phi) is 4.12. The van der Waals surface area contributed by atoms with E-state index in [4.69, 9.17) is 17.3 Å². The van der Waals surface area contributed by atoms with Crippen molar-refractivity contribution in [3.63, 3.8) is 0 Å². The molecule has 0 aromatic heterocycles. The van der Waals surface area contributed by atoms with Crippen LogP contribution in [0.4, 0.5) is 4.79 Å². The summed E-state index contributed by atoms with van der Waals surface area (Å²) in [6.45, 7) is 0.111. The Morgan fingerprint density at radius 3 is 2.56 bits per heavy atom. The zero-order valence-electron chi connectivity index (χ0n) is 4.63. The minimum Gasteiger partial charge on any atom is -0.770 e. The summed E-state index contributed by atoms with van der Waals surface area (Å²) in [5.74, 6) is 0.179. The molecule has 6 heteroatoms. The third-order valence-corrected chi connectivity index (χ3v) is 0.853. The molecule has 0 atom stereocenters. The monoisotopic (exact) mass is 153 g/mol. The van der Waals surface area contributed by atoms with Crippen molar-refractivity contribution in [3.8, 4) is 0 Å². The third-order valence-electron chi connectivity index (χ3n) is 0.684. The fourth-order valence-corrected chi connectivity index (χ4v) is 0.454. The average Bonchev–Trinajstić information content (AvgIpc) is 1.82. The fourth-order valence-electron chi connectivity index (χ4n) is 0.285. The maximum absolute atomic E-state index is 10.1. The Morgan fingerprint density at radius 1 is 1.89 bits per heavy atom. The summed E-state index contributed by atoms with van der Waals surface area (Å²) < 4.78 is 0. The van der Waals surface area contributed by atoms with Crippen molar-refractivity contribution < 1.29 is 4.79 Å². The van der Waals surface area contributed by atoms with Crippen LogP contribution in [-0.4, -0.2) is 23.5 Å². The van der Waals surface area contributed by atoms with Gasteiger partial charge in [0.25, 0.3) is 0 Å². The maximum Gasteiger partial charge on any atom is 0.328 e. The molecule has 0 aliphatic carbocycles. The third kappa shape index (κ3) is 3.12. The second kappa shape index (κ2) is 4.37. The first kappa shape index (κ1) is 8.48. The van der Waals surface area contributed by atoms with E-state index in [0.717, 1.165) is 0 Å². The van der Waals surface area contributed by atoms with E-state index in [0.29, 0.717) is 5.01 Å². The predicted molar refractivity (Wildman–Crippen MR) is 33.5 cm³/mol. The molecule has 2 amide bonds. The Bertz CT molecular complexity index is 99.1. The standard InChI is InChI=1S/C3H7ClN3O2/c4-1-2-7(6-9)3(5)8/h6H,1-2H2,(H2,5,8)/q-1/i6+1. The minimum atomic E-state index is -0.828. The lowest BCUT2D eigenvalue weighted by atomic mass is 10.7. The van der Waals surface area contributed by atoms with Crippen LogP contribution in [0.25, 0.3) is 0 Å². The number of alkyl halides is 1. The van der Waals surface area contributed by atoms with Crippen LogP contribution < -0.4 is 11.3 Å². The number of carbonyl (C=O) groups is 1. The van der Waals surface area contributed by atoms with E-state index in [2.05, 4.69) is 0 Å². The normalized spacial score (nSPS) is 9.11. The van der Waals surface area contributed by atoms with Gasteiger partial charge >= 0.3 is 6.03 Å². The van der Waals surface area contributed by atoms with E-state index in [1.807, 2.05) is 0 Å². The second-order valence-electron chi connectivity index (χ2n) is 1.27. The van der Waals surface area contributed by atoms with E-state index in [1.54, 1.807) is 0 Å². The topological polar surface area (TPSA) is 81.4 Å². The van der Waals surface area contributed by atoms with Crippen LogP contribution in [0.2, 0.25) is 0 Å². The lowest BCUT2D eigenvalue weighted by Crippen LogP contribution is -2.44. The molecule has 0 aliphatic rings. The lowest BCUT2D eigenvalue weighted by Gasteiger charge is -2.23. The Morgan fingerprint density at radius 2 is 2.44 bits per heavy atom. The Labute approximate surface area is 57.3 Å². The van der Waals surface area contributed by atoms with Gasteiger partial charge in [-0.15, -0.1) is 11.6 Å². The summed E-state index contributed by atoms with van der Waals surface area (Å²) in [4.78, 5) is 10.1. The minimum absolute atomic E-state index is 0.111. The second-order valence-corrected chi connectivity index (χ2v) is 1.65. The molecule has 0 aromatic rings. The average molecular weight is 154 g/mol. The number of amides is 2. The number of nitrogens with one attached hydrogen (secondary N) is 1. The number of primary amides is 1. The van der Waals surface area contributed by atoms with Crippen LogP contribution in [0.15, 0.2) is 0 Å². The van der Waals surface area contributed by atoms with Crippen molar-refractivity contribution >= 4 is 17.6 Å². The molecular formula is C3H7ClN3O2-. The number of rotatable bonds is 3. The molecular weight excluding hydrogens is 146 g/mol. The van der Waals surface area contributed by atoms with Crippen LogP contribution in [0, 0.1) is 5.21 Å². The van der Waals surface area contributed by atoms with Crippen molar-refractivity contribution in [3.05, 3.63) is 5.21 Å². The van der Waals surface area contributed by atoms with Crippen LogP contribution >= 0.6 is 11.6 Å². The van der Waals surface area contributed by atoms with Crippen molar-refractivity contribution in [1.82, 2.24) is 10.6 Å². The van der Waals surface area contributed by atoms with Gasteiger partial charge < -0.3 is 16.5 Å². The molecule has 3 N–H and O–H groups in total. The number of halogens is 1. The van der Waals surface area contributed by atoms with E-state index in [1.165, 1.54) is 5.59 Å². The first-order valence-electron chi connectivity index (χ1n) is 2.23. The first-order valence-corrected chi connectivity index (χ1v) is 2.76. The molecule has 0 saturated heterocycles. The molecule has 0 spiro atoms. The van der Waals surface area contributed by atoms with Crippen molar-refractivity contribution in [2.24, 2.45) is 5.73 Å². The summed E-state index contributed by atoms with van der Waals surface area (Å²) >= 11 is 5.19. The van der Waals surface area contributed by atoms with Gasteiger partial charge in [-0.05, 0) is 0 Å². The van der Waals surface area contributed by atoms with Crippen LogP contribution in [0.5, 0.6) is 0 Å². The number of carbonyl (C=O) groups excluding carboxylic acids is 1. The van der Waals surface area contributed by atoms with Gasteiger partial charge in [-0.25, -0.2) is 4.79 Å². The largest absolute Gasteiger partial charge is 0.770 e. The van der Waals surface area contributed by atoms with Crippen LogP contribution in [0.1, 0.15) is 0 Å². The molecule has 0 aromatic carbocycles. The molecule has 0 aliphatic heterocycles. The zero-order chi connectivity index (χ0) is 7.28. The fraction of sp³-hybridized carbons (Fsp3) is 0.667. The number of hydrazine groups is 1. The molecule has 0 saturated carbocycles. The van der Waals surface area contributed by atoms with Gasteiger partial charge in [0, 0.05) is 5.88 Å². The van der Waals surface area contributed by atoms with Gasteiger partial charge in [0.15, 0.2) is 0 Å². The van der Waals surface area contributed by atoms with Gasteiger partial charge in [-0.3, -0.25) is 5.01 Å². The Balaban J connectivity index is 3.54. The predicted octanol–water partition coefficient (Wildman–Crippen LogP) is -0.392. The van der Waals surface area contributed by atoms with Gasteiger partial charge in [-0.2, -0.15) is 0 Å². The Hall–Kier alpha value is -0.520. The van der Waals surface area contributed by atoms with Gasteiger partial charge in [0.1, 0.15) is 0 Å². The van der Waals surface area contributed by atoms with E-state index >= 15 is 0 Å². The molecule has 5 nitrogen and oxygen atoms in total. The SMILES string of the molecule is NC(=O)N(CCCl)[15NH][O-]. The maximum atomic E-state index is 10.1. The summed E-state index contributed by atoms with van der Waals surface area (Å²) in [6, 6.07) is -0.828. The van der Waals surface area contributed by atoms with Crippen molar-refractivity contribution in [2.45, 2.75) is 0 Å². The highest BCUT2D eigenvalue weighted by Crippen LogP contribution is 1.82. The summed E-state index contributed by atoms with van der Waals surface area (Å²) in [7, 11) is 0. The summed E-state index contributed by atoms with van der Waals surface area (Å²) in [5.41, 5.74) is 6.03. The molecule has 54 valence electrons. The zero-order valence-corrected chi connectivity index (χ0v) is 5.39. The first-order chi connectivity index (χ1) is 4.22. The molecule has 0 heterocycles.